The van der Waals surface area contributed by atoms with Crippen molar-refractivity contribution >= 4 is 17.9 Å². The Morgan fingerprint density at radius 3 is 0.851 bits per heavy atom. The summed E-state index contributed by atoms with van der Waals surface area (Å²) < 4.78 is 16.8. The third kappa shape index (κ3) is 52.4. The molecule has 0 saturated heterocycles. The highest BCUT2D eigenvalue weighted by Gasteiger charge is 2.19. The maximum Gasteiger partial charge on any atom is 0.306 e. The fraction of sp³-hybridized carbons (Fsp3) is 0.590. The normalized spacial score (nSPS) is 13.2. The number of carbonyl (C=O) groups excluding carboxylic acids is 3. The summed E-state index contributed by atoms with van der Waals surface area (Å²) in [5.74, 6) is -0.983. The summed E-state index contributed by atoms with van der Waals surface area (Å²) in [6, 6.07) is 0. The maximum absolute atomic E-state index is 12.8. The number of rotatable bonds is 46. The Bertz CT molecular complexity index is 1480. The van der Waals surface area contributed by atoms with Crippen molar-refractivity contribution < 1.29 is 28.6 Å². The molecular formula is C61H96O6. The molecule has 67 heavy (non-hydrogen) atoms. The molecule has 0 fully saturated rings. The van der Waals surface area contributed by atoms with E-state index < -0.39 is 6.10 Å². The van der Waals surface area contributed by atoms with Gasteiger partial charge in [0.15, 0.2) is 6.10 Å². The first-order chi connectivity index (χ1) is 33.0. The van der Waals surface area contributed by atoms with E-state index in [0.29, 0.717) is 19.3 Å². The smallest absolute Gasteiger partial charge is 0.306 e. The van der Waals surface area contributed by atoms with Crippen LogP contribution in [0.1, 0.15) is 213 Å². The highest BCUT2D eigenvalue weighted by atomic mass is 16.6. The second kappa shape index (κ2) is 54.2. The number of hydrogen-bond donors (Lipinski definition) is 0. The zero-order valence-corrected chi connectivity index (χ0v) is 42.9. The van der Waals surface area contributed by atoms with E-state index >= 15 is 0 Å². The molecule has 0 aliphatic heterocycles. The average Bonchev–Trinajstić information content (AvgIpc) is 3.33. The van der Waals surface area contributed by atoms with Crippen LogP contribution in [-0.2, 0) is 28.6 Å². The van der Waals surface area contributed by atoms with Crippen LogP contribution in [0.4, 0.5) is 0 Å². The number of ether oxygens (including phenoxy) is 3. The van der Waals surface area contributed by atoms with Gasteiger partial charge in [-0.1, -0.05) is 199 Å². The van der Waals surface area contributed by atoms with Gasteiger partial charge in [0.1, 0.15) is 13.2 Å². The quantitative estimate of drug-likeness (QED) is 0.0262. The Morgan fingerprint density at radius 2 is 0.537 bits per heavy atom. The molecule has 0 rings (SSSR count). The molecular weight excluding hydrogens is 829 g/mol. The maximum atomic E-state index is 12.8. The third-order valence-electron chi connectivity index (χ3n) is 10.6. The van der Waals surface area contributed by atoms with Gasteiger partial charge in [-0.15, -0.1) is 0 Å². The molecule has 1 unspecified atom stereocenters. The molecule has 0 aliphatic carbocycles. The highest BCUT2D eigenvalue weighted by Crippen LogP contribution is 2.13. The van der Waals surface area contributed by atoms with E-state index in [-0.39, 0.29) is 31.1 Å². The molecule has 6 heteroatoms. The number of hydrogen-bond acceptors (Lipinski definition) is 6. The van der Waals surface area contributed by atoms with Crippen LogP contribution in [-0.4, -0.2) is 37.2 Å². The summed E-state index contributed by atoms with van der Waals surface area (Å²) in [4.78, 5) is 38.1. The van der Waals surface area contributed by atoms with Crippen LogP contribution in [0, 0.1) is 0 Å². The number of esters is 3. The van der Waals surface area contributed by atoms with Gasteiger partial charge in [0.25, 0.3) is 0 Å². The molecule has 0 aromatic rings. The predicted molar refractivity (Wildman–Crippen MR) is 288 cm³/mol. The second-order valence-electron chi connectivity index (χ2n) is 17.0. The van der Waals surface area contributed by atoms with E-state index in [0.717, 1.165) is 173 Å². The van der Waals surface area contributed by atoms with Crippen molar-refractivity contribution in [3.05, 3.63) is 134 Å². The van der Waals surface area contributed by atoms with Gasteiger partial charge < -0.3 is 14.2 Å². The van der Waals surface area contributed by atoms with Gasteiger partial charge in [0, 0.05) is 19.3 Å². The number of allylic oxidation sites excluding steroid dienone is 22. The van der Waals surface area contributed by atoms with Gasteiger partial charge in [-0.3, -0.25) is 14.4 Å². The molecule has 0 aromatic heterocycles. The highest BCUT2D eigenvalue weighted by molar-refractivity contribution is 5.71. The Balaban J connectivity index is 4.53. The van der Waals surface area contributed by atoms with E-state index in [1.54, 1.807) is 0 Å². The lowest BCUT2D eigenvalue weighted by atomic mass is 10.1. The molecule has 0 N–H and O–H groups in total. The molecule has 6 nitrogen and oxygen atoms in total. The average molecular weight is 925 g/mol. The van der Waals surface area contributed by atoms with E-state index in [4.69, 9.17) is 14.2 Å². The SMILES string of the molecule is CCC=CCC=CCC=CCC=CCC=CCCCCCC(=O)OCC(COC(=O)CCCCCCCC=CCC=CCC=CCC)OC(=O)CCCCCCCC=CCC=CCC=CCC. The molecule has 0 spiro atoms. The minimum Gasteiger partial charge on any atom is -0.462 e. The molecule has 376 valence electrons. The Morgan fingerprint density at radius 1 is 0.299 bits per heavy atom. The fourth-order valence-electron chi connectivity index (χ4n) is 6.73. The van der Waals surface area contributed by atoms with Crippen LogP contribution in [0.2, 0.25) is 0 Å². The summed E-state index contributed by atoms with van der Waals surface area (Å²) in [5, 5.41) is 0. The van der Waals surface area contributed by atoms with Crippen molar-refractivity contribution in [3.8, 4) is 0 Å². The summed E-state index contributed by atoms with van der Waals surface area (Å²) >= 11 is 0. The zero-order valence-electron chi connectivity index (χ0n) is 42.9. The van der Waals surface area contributed by atoms with Gasteiger partial charge >= 0.3 is 17.9 Å². The van der Waals surface area contributed by atoms with Crippen LogP contribution in [0.5, 0.6) is 0 Å². The van der Waals surface area contributed by atoms with Gasteiger partial charge in [0.05, 0.1) is 0 Å². The number of carbonyl (C=O) groups is 3. The first kappa shape index (κ1) is 62.5. The molecule has 0 amide bonds. The van der Waals surface area contributed by atoms with Crippen LogP contribution in [0.25, 0.3) is 0 Å². The van der Waals surface area contributed by atoms with Gasteiger partial charge in [-0.25, -0.2) is 0 Å². The van der Waals surface area contributed by atoms with E-state index in [2.05, 4.69) is 154 Å². The first-order valence-electron chi connectivity index (χ1n) is 26.7. The molecule has 1 atom stereocenters. The lowest BCUT2D eigenvalue weighted by molar-refractivity contribution is -0.167. The van der Waals surface area contributed by atoms with Crippen LogP contribution in [0.3, 0.4) is 0 Å². The third-order valence-corrected chi connectivity index (χ3v) is 10.6. The lowest BCUT2D eigenvalue weighted by Gasteiger charge is -2.18. The van der Waals surface area contributed by atoms with Gasteiger partial charge in [0.2, 0.25) is 0 Å². The van der Waals surface area contributed by atoms with Crippen LogP contribution >= 0.6 is 0 Å². The van der Waals surface area contributed by atoms with E-state index in [1.165, 1.54) is 0 Å². The van der Waals surface area contributed by atoms with Crippen molar-refractivity contribution in [1.29, 1.82) is 0 Å². The fourth-order valence-corrected chi connectivity index (χ4v) is 6.73. The van der Waals surface area contributed by atoms with Gasteiger partial charge in [-0.05, 0) is 128 Å². The lowest BCUT2D eigenvalue weighted by Crippen LogP contribution is -2.30. The first-order valence-corrected chi connectivity index (χ1v) is 26.7. The number of unbranched alkanes of at least 4 members (excludes halogenated alkanes) is 13. The predicted octanol–water partition coefficient (Wildman–Crippen LogP) is 17.9. The van der Waals surface area contributed by atoms with Crippen molar-refractivity contribution in [1.82, 2.24) is 0 Å². The van der Waals surface area contributed by atoms with Crippen molar-refractivity contribution in [2.24, 2.45) is 0 Å². The summed E-state index contributed by atoms with van der Waals surface area (Å²) in [6.07, 6.45) is 75.7. The monoisotopic (exact) mass is 925 g/mol. The summed E-state index contributed by atoms with van der Waals surface area (Å²) in [5.41, 5.74) is 0. The standard InChI is InChI=1S/C61H96O6/c1-4-7-10-13-16-19-22-25-28-29-30-31-34-36-39-42-45-48-51-54-60(63)66-57-58(67-61(64)55-52-49-46-43-40-37-33-27-24-21-18-15-12-9-6-3)56-65-59(62)53-50-47-44-41-38-35-32-26-23-20-17-14-11-8-5-2/h7-12,16-21,25-28,30-33,36,39,58H,4-6,13-15,22-24,29,34-35,37-38,40-57H2,1-3H3. The molecule has 0 saturated carbocycles. The van der Waals surface area contributed by atoms with Crippen LogP contribution < -0.4 is 0 Å². The second-order valence-corrected chi connectivity index (χ2v) is 17.0. The zero-order chi connectivity index (χ0) is 48.6. The van der Waals surface area contributed by atoms with Crippen molar-refractivity contribution in [2.75, 3.05) is 13.2 Å². The molecule has 0 aromatic carbocycles. The van der Waals surface area contributed by atoms with Crippen molar-refractivity contribution in [2.45, 2.75) is 219 Å². The topological polar surface area (TPSA) is 78.9 Å². The van der Waals surface area contributed by atoms with E-state index in [1.807, 2.05) is 0 Å². The Labute approximate surface area is 411 Å². The minimum atomic E-state index is -0.813. The van der Waals surface area contributed by atoms with Crippen molar-refractivity contribution in [3.63, 3.8) is 0 Å². The van der Waals surface area contributed by atoms with E-state index in [9.17, 15) is 14.4 Å². The Hall–Kier alpha value is -4.45. The molecule has 0 bridgehead atoms. The summed E-state index contributed by atoms with van der Waals surface area (Å²) in [6.45, 7) is 6.22. The molecule has 0 heterocycles. The molecule has 0 aliphatic rings. The largest absolute Gasteiger partial charge is 0.462 e. The summed E-state index contributed by atoms with van der Waals surface area (Å²) in [7, 11) is 0. The molecule has 0 radical (unpaired) electrons. The van der Waals surface area contributed by atoms with Gasteiger partial charge in [-0.2, -0.15) is 0 Å². The van der Waals surface area contributed by atoms with Crippen LogP contribution in [0.15, 0.2) is 134 Å². The minimum absolute atomic E-state index is 0.110. The Kier molecular flexibility index (Phi) is 50.6.